The third-order valence-electron chi connectivity index (χ3n) is 8.93. The summed E-state index contributed by atoms with van der Waals surface area (Å²) in [6.45, 7) is 0.678. The molecule has 3 aliphatic heterocycles. The van der Waals surface area contributed by atoms with Gasteiger partial charge in [0.05, 0.1) is 44.7 Å². The molecular formula is C33H29N7O8S. The van der Waals surface area contributed by atoms with E-state index in [1.807, 2.05) is 18.2 Å². The van der Waals surface area contributed by atoms with E-state index in [-0.39, 0.29) is 57.6 Å². The molecule has 0 bridgehead atoms. The Hall–Kier alpha value is -5.74. The number of carbonyl (C=O) groups excluding carboxylic acids is 1. The van der Waals surface area contributed by atoms with Crippen molar-refractivity contribution in [3.05, 3.63) is 94.4 Å². The zero-order valence-corrected chi connectivity index (χ0v) is 26.6. The van der Waals surface area contributed by atoms with Crippen LogP contribution in [0.1, 0.15) is 22.5 Å². The number of H-pyrrole nitrogens is 1. The molecule has 3 aromatic heterocycles. The van der Waals surface area contributed by atoms with Crippen LogP contribution in [0.15, 0.2) is 82.8 Å². The number of hydrogen-bond acceptors (Lipinski definition) is 12. The average Bonchev–Trinajstić information content (AvgIpc) is 3.56. The van der Waals surface area contributed by atoms with Gasteiger partial charge in [-0.3, -0.25) is 19.9 Å². The smallest absolute Gasteiger partial charge is 0.297 e. The molecule has 3 atom stereocenters. The van der Waals surface area contributed by atoms with Gasteiger partial charge in [-0.05, 0) is 42.8 Å². The van der Waals surface area contributed by atoms with E-state index in [1.165, 1.54) is 24.3 Å². The number of nitro benzene ring substituents is 1. The Morgan fingerprint density at radius 3 is 2.80 bits per heavy atom. The number of nitrogens with two attached hydrogens (primary N) is 1. The molecule has 0 radical (unpaired) electrons. The molecule has 1 fully saturated rings. The van der Waals surface area contributed by atoms with Crippen LogP contribution >= 0.6 is 0 Å². The largest absolute Gasteiger partial charge is 0.489 e. The summed E-state index contributed by atoms with van der Waals surface area (Å²) >= 11 is 0. The quantitative estimate of drug-likeness (QED) is 0.165. The third-order valence-corrected chi connectivity index (χ3v) is 10.7. The summed E-state index contributed by atoms with van der Waals surface area (Å²) in [5.41, 5.74) is 7.20. The number of nitrogens with one attached hydrogen (secondary N) is 2. The Morgan fingerprint density at radius 1 is 1.12 bits per heavy atom. The van der Waals surface area contributed by atoms with E-state index >= 15 is 0 Å². The maximum atomic E-state index is 14.7. The third kappa shape index (κ3) is 5.25. The molecule has 15 nitrogen and oxygen atoms in total. The Bertz CT molecular complexity index is 2240. The van der Waals surface area contributed by atoms with Crippen molar-refractivity contribution in [1.29, 1.82) is 0 Å². The summed E-state index contributed by atoms with van der Waals surface area (Å²) in [4.78, 5) is 37.8. The van der Waals surface area contributed by atoms with Crippen LogP contribution in [-0.4, -0.2) is 72.2 Å². The number of hydrogen-bond donors (Lipinski definition) is 3. The second-order valence-corrected chi connectivity index (χ2v) is 13.9. The Labute approximate surface area is 279 Å². The molecule has 16 heteroatoms. The monoisotopic (exact) mass is 683 g/mol. The second-order valence-electron chi connectivity index (χ2n) is 12.0. The number of sulfone groups is 1. The van der Waals surface area contributed by atoms with Crippen LogP contribution in [-0.2, 0) is 21.0 Å². The van der Waals surface area contributed by atoms with E-state index in [0.29, 0.717) is 30.8 Å². The summed E-state index contributed by atoms with van der Waals surface area (Å²) < 4.78 is 47.3. The van der Waals surface area contributed by atoms with Crippen LogP contribution in [0, 0.1) is 10.1 Å². The molecule has 6 heterocycles. The van der Waals surface area contributed by atoms with Crippen molar-refractivity contribution in [1.82, 2.24) is 15.0 Å². The summed E-state index contributed by atoms with van der Waals surface area (Å²) in [7, 11) is -4.57. The maximum Gasteiger partial charge on any atom is 0.297 e. The first-order chi connectivity index (χ1) is 23.7. The van der Waals surface area contributed by atoms with E-state index < -0.39 is 38.5 Å². The molecule has 0 spiro atoms. The standard InChI is InChI=1S/C33H29N7O8S/c34-31(41)22-5-3-6-28(30(22)39-23-8-11-46-17-27(23)48-33-25(39)12-18-7-10-36-32(18)38-33)49(44,45)21-14-24(40(42)43)29-26(15-21)47-16-20(37-29)13-19-4-1-2-9-35-19/h1-7,9-10,12,14-15,20,23,27,37H,8,11,13,16-17H2,(H2,34,41)(H,36,38)/t20-,23-,27-/m0/s1. The highest BCUT2D eigenvalue weighted by atomic mass is 32.2. The lowest BCUT2D eigenvalue weighted by Gasteiger charge is -2.45. The Balaban J connectivity index is 1.27. The molecule has 0 unspecified atom stereocenters. The van der Waals surface area contributed by atoms with Crippen LogP contribution in [0.4, 0.5) is 22.7 Å². The molecule has 49 heavy (non-hydrogen) atoms. The first-order valence-electron chi connectivity index (χ1n) is 15.5. The van der Waals surface area contributed by atoms with Crippen molar-refractivity contribution < 1.29 is 32.3 Å². The minimum atomic E-state index is -4.57. The van der Waals surface area contributed by atoms with Crippen LogP contribution in [0.5, 0.6) is 11.6 Å². The van der Waals surface area contributed by atoms with Gasteiger partial charge in [0, 0.05) is 48.6 Å². The van der Waals surface area contributed by atoms with Gasteiger partial charge in [0.15, 0.2) is 11.4 Å². The van der Waals surface area contributed by atoms with E-state index in [1.54, 1.807) is 29.4 Å². The molecule has 0 aliphatic carbocycles. The predicted octanol–water partition coefficient (Wildman–Crippen LogP) is 3.90. The SMILES string of the molecule is NC(=O)c1cccc(S(=O)(=O)c2cc3c(c([N+](=O)[O-])c2)N[C@@H](Cc2ccccn2)CO3)c1N1c2cc3cc[nH]c3nc2O[C@H]2COCC[C@@H]21. The number of primary amides is 1. The van der Waals surface area contributed by atoms with Crippen LogP contribution in [0.25, 0.3) is 11.0 Å². The number of aromatic nitrogens is 3. The average molecular weight is 684 g/mol. The van der Waals surface area contributed by atoms with Crippen LogP contribution in [0.3, 0.4) is 0 Å². The van der Waals surface area contributed by atoms with E-state index in [4.69, 9.17) is 19.9 Å². The van der Waals surface area contributed by atoms with Crippen LogP contribution < -0.4 is 25.4 Å². The Morgan fingerprint density at radius 2 is 2.00 bits per heavy atom. The lowest BCUT2D eigenvalue weighted by Crippen LogP contribution is -2.53. The van der Waals surface area contributed by atoms with Gasteiger partial charge in [-0.2, -0.15) is 4.98 Å². The summed E-state index contributed by atoms with van der Waals surface area (Å²) in [6, 6.07) is 14.8. The number of nitro groups is 1. The topological polar surface area (TPSA) is 205 Å². The fourth-order valence-electron chi connectivity index (χ4n) is 6.70. The summed E-state index contributed by atoms with van der Waals surface area (Å²) in [5, 5.41) is 16.3. The van der Waals surface area contributed by atoms with Gasteiger partial charge in [0.1, 0.15) is 24.0 Å². The van der Waals surface area contributed by atoms with Gasteiger partial charge in [-0.25, -0.2) is 8.42 Å². The Kier molecular flexibility index (Phi) is 7.33. The minimum Gasteiger partial charge on any atom is -0.489 e. The number of aromatic amines is 1. The number of rotatable bonds is 7. The van der Waals surface area contributed by atoms with E-state index in [0.717, 1.165) is 17.1 Å². The lowest BCUT2D eigenvalue weighted by molar-refractivity contribution is -0.384. The number of pyridine rings is 2. The van der Waals surface area contributed by atoms with Gasteiger partial charge >= 0.3 is 0 Å². The number of ether oxygens (including phenoxy) is 3. The molecule has 8 rings (SSSR count). The second kappa shape index (κ2) is 11.7. The van der Waals surface area contributed by atoms with Crippen molar-refractivity contribution in [2.45, 2.75) is 40.8 Å². The molecule has 4 N–H and O–H groups in total. The number of nitrogens with zero attached hydrogens (tertiary/aromatic N) is 4. The number of anilines is 3. The molecular weight excluding hydrogens is 654 g/mol. The molecule has 5 aromatic rings. The summed E-state index contributed by atoms with van der Waals surface area (Å²) in [6.07, 6.45) is 3.69. The van der Waals surface area contributed by atoms with Gasteiger partial charge in [0.2, 0.25) is 15.7 Å². The molecule has 250 valence electrons. The van der Waals surface area contributed by atoms with Gasteiger partial charge in [-0.1, -0.05) is 12.1 Å². The van der Waals surface area contributed by atoms with E-state index in [2.05, 4.69) is 20.3 Å². The summed E-state index contributed by atoms with van der Waals surface area (Å²) in [5.74, 6) is -0.631. The number of carbonyl (C=O) groups is 1. The van der Waals surface area contributed by atoms with Crippen molar-refractivity contribution in [3.8, 4) is 11.6 Å². The predicted molar refractivity (Wildman–Crippen MR) is 176 cm³/mol. The zero-order chi connectivity index (χ0) is 33.9. The van der Waals surface area contributed by atoms with Crippen LogP contribution in [0.2, 0.25) is 0 Å². The van der Waals surface area contributed by atoms with E-state index in [9.17, 15) is 23.3 Å². The number of amides is 1. The van der Waals surface area contributed by atoms with Gasteiger partial charge in [-0.15, -0.1) is 0 Å². The lowest BCUT2D eigenvalue weighted by atomic mass is 9.98. The van der Waals surface area contributed by atoms with Gasteiger partial charge in [0.25, 0.3) is 11.6 Å². The number of fused-ring (bicyclic) bond motifs is 4. The van der Waals surface area contributed by atoms with Crippen molar-refractivity contribution in [3.63, 3.8) is 0 Å². The minimum absolute atomic E-state index is 0.0120. The fourth-order valence-corrected chi connectivity index (χ4v) is 8.20. The number of benzene rings is 2. The molecule has 1 saturated heterocycles. The fraction of sp³-hybridized carbons (Fsp3) is 0.242. The zero-order valence-electron chi connectivity index (χ0n) is 25.7. The van der Waals surface area contributed by atoms with Crippen molar-refractivity contribution in [2.75, 3.05) is 30.0 Å². The molecule has 3 aliphatic rings. The molecule has 1 amide bonds. The first-order valence-corrected chi connectivity index (χ1v) is 17.0. The highest BCUT2D eigenvalue weighted by Crippen LogP contribution is 2.48. The highest BCUT2D eigenvalue weighted by molar-refractivity contribution is 7.91. The first kappa shape index (κ1) is 30.6. The molecule has 0 saturated carbocycles. The molecule has 2 aromatic carbocycles. The highest BCUT2D eigenvalue weighted by Gasteiger charge is 2.44. The van der Waals surface area contributed by atoms with Crippen molar-refractivity contribution >= 4 is 49.5 Å². The van der Waals surface area contributed by atoms with Gasteiger partial charge < -0.3 is 35.1 Å². The normalized spacial score (nSPS) is 19.8. The maximum absolute atomic E-state index is 14.7. The number of para-hydroxylation sites is 1. The van der Waals surface area contributed by atoms with Crippen molar-refractivity contribution in [2.24, 2.45) is 5.73 Å².